The molecule has 0 atom stereocenters. The van der Waals surface area contributed by atoms with Crippen molar-refractivity contribution >= 4 is 32.7 Å². The van der Waals surface area contributed by atoms with Gasteiger partial charge in [0.15, 0.2) is 0 Å². The summed E-state index contributed by atoms with van der Waals surface area (Å²) in [6.07, 6.45) is 0. The molecule has 2 aromatic rings. The molecule has 0 spiro atoms. The van der Waals surface area contributed by atoms with Crippen LogP contribution in [0.5, 0.6) is 0 Å². The molecule has 0 aliphatic heterocycles. The normalized spacial score (nSPS) is 10.5. The Bertz CT molecular complexity index is 408. The number of hydrogen-bond acceptors (Lipinski definition) is 2. The van der Waals surface area contributed by atoms with Gasteiger partial charge < -0.3 is 5.32 Å². The summed E-state index contributed by atoms with van der Waals surface area (Å²) in [4.78, 5) is 0. The van der Waals surface area contributed by atoms with Crippen LogP contribution in [0.3, 0.4) is 0 Å². The molecule has 0 saturated heterocycles. The summed E-state index contributed by atoms with van der Waals surface area (Å²) < 4.78 is 1.05. The monoisotopic (exact) mass is 225 g/mol. The summed E-state index contributed by atoms with van der Waals surface area (Å²) in [5.41, 5.74) is 0.966. The van der Waals surface area contributed by atoms with Gasteiger partial charge in [-0.25, -0.2) is 0 Å². The van der Waals surface area contributed by atoms with Gasteiger partial charge in [0.05, 0.1) is 5.52 Å². The Morgan fingerprint density at radius 2 is 2.33 bits per heavy atom. The van der Waals surface area contributed by atoms with Gasteiger partial charge in [0.25, 0.3) is 0 Å². The highest BCUT2D eigenvalue weighted by molar-refractivity contribution is 9.10. The highest BCUT2D eigenvalue weighted by Crippen LogP contribution is 2.22. The predicted molar refractivity (Wildman–Crippen MR) is 53.3 cm³/mol. The minimum absolute atomic E-state index is 0.956. The number of hydrogen-bond donors (Lipinski definition) is 2. The lowest BCUT2D eigenvalue weighted by atomic mass is 10.2. The highest BCUT2D eigenvalue weighted by atomic mass is 79.9. The minimum atomic E-state index is 0.956. The van der Waals surface area contributed by atoms with E-state index in [0.29, 0.717) is 0 Å². The van der Waals surface area contributed by atoms with Crippen molar-refractivity contribution < 1.29 is 0 Å². The molecule has 0 amide bonds. The first-order chi connectivity index (χ1) is 5.81. The van der Waals surface area contributed by atoms with Gasteiger partial charge in [-0.3, -0.25) is 5.10 Å². The van der Waals surface area contributed by atoms with Crippen molar-refractivity contribution in [3.8, 4) is 0 Å². The van der Waals surface area contributed by atoms with Crippen molar-refractivity contribution in [1.82, 2.24) is 10.2 Å². The fraction of sp³-hybridized carbons (Fsp3) is 0.125. The molecular formula is C8H8BrN3. The summed E-state index contributed by atoms with van der Waals surface area (Å²) in [7, 11) is 1.87. The van der Waals surface area contributed by atoms with Crippen LogP contribution in [0.15, 0.2) is 22.7 Å². The summed E-state index contributed by atoms with van der Waals surface area (Å²) >= 11 is 3.39. The first-order valence-electron chi connectivity index (χ1n) is 3.62. The lowest BCUT2D eigenvalue weighted by Gasteiger charge is -1.94. The lowest BCUT2D eigenvalue weighted by Crippen LogP contribution is -1.87. The molecule has 62 valence electrons. The van der Waals surface area contributed by atoms with Crippen LogP contribution in [0.2, 0.25) is 0 Å². The molecule has 1 aromatic heterocycles. The van der Waals surface area contributed by atoms with E-state index in [1.165, 1.54) is 0 Å². The van der Waals surface area contributed by atoms with Crippen LogP contribution >= 0.6 is 15.9 Å². The van der Waals surface area contributed by atoms with E-state index in [1.807, 2.05) is 25.2 Å². The van der Waals surface area contributed by atoms with Crippen molar-refractivity contribution in [3.63, 3.8) is 0 Å². The average Bonchev–Trinajstić information content (AvgIpc) is 2.46. The molecular weight excluding hydrogens is 218 g/mol. The van der Waals surface area contributed by atoms with Crippen LogP contribution in [0, 0.1) is 0 Å². The number of halogens is 1. The fourth-order valence-corrected chi connectivity index (χ4v) is 1.52. The smallest absolute Gasteiger partial charge is 0.129 e. The minimum Gasteiger partial charge on any atom is -0.373 e. The van der Waals surface area contributed by atoms with E-state index in [1.54, 1.807) is 0 Å². The number of anilines is 1. The van der Waals surface area contributed by atoms with Crippen molar-refractivity contribution in [1.29, 1.82) is 0 Å². The molecule has 0 unspecified atom stereocenters. The van der Waals surface area contributed by atoms with Crippen LogP contribution in [0.25, 0.3) is 10.9 Å². The molecule has 1 aromatic carbocycles. The second kappa shape index (κ2) is 2.79. The molecule has 2 rings (SSSR count). The maximum absolute atomic E-state index is 4.13. The van der Waals surface area contributed by atoms with Gasteiger partial charge in [0, 0.05) is 16.9 Å². The number of aromatic nitrogens is 2. The zero-order valence-electron chi connectivity index (χ0n) is 6.56. The second-order valence-corrected chi connectivity index (χ2v) is 3.43. The Balaban J connectivity index is 2.73. The number of aromatic amines is 1. The van der Waals surface area contributed by atoms with E-state index >= 15 is 0 Å². The number of benzene rings is 1. The van der Waals surface area contributed by atoms with Gasteiger partial charge in [0.1, 0.15) is 5.82 Å². The fourth-order valence-electron chi connectivity index (χ4n) is 1.18. The maximum atomic E-state index is 4.13. The Hall–Kier alpha value is -1.03. The third-order valence-corrected chi connectivity index (χ3v) is 2.26. The zero-order valence-corrected chi connectivity index (χ0v) is 8.14. The van der Waals surface area contributed by atoms with Gasteiger partial charge in [-0.1, -0.05) is 15.9 Å². The van der Waals surface area contributed by atoms with E-state index in [-0.39, 0.29) is 0 Å². The van der Waals surface area contributed by atoms with Gasteiger partial charge in [-0.2, -0.15) is 5.10 Å². The number of H-pyrrole nitrogens is 1. The lowest BCUT2D eigenvalue weighted by molar-refractivity contribution is 1.11. The molecule has 0 aliphatic carbocycles. The summed E-state index contributed by atoms with van der Waals surface area (Å²) in [6.45, 7) is 0. The van der Waals surface area contributed by atoms with E-state index in [0.717, 1.165) is 21.2 Å². The van der Waals surface area contributed by atoms with E-state index in [4.69, 9.17) is 0 Å². The first kappa shape index (κ1) is 7.61. The standard InChI is InChI=1S/C8H8BrN3/c1-10-8-6-3-2-5(9)4-7(6)11-12-8/h2-4H,1H3,(H2,10,11,12). The van der Waals surface area contributed by atoms with Crippen LogP contribution in [-0.4, -0.2) is 17.2 Å². The summed E-state index contributed by atoms with van der Waals surface area (Å²) in [6, 6.07) is 6.00. The number of nitrogens with one attached hydrogen (secondary N) is 2. The largest absolute Gasteiger partial charge is 0.373 e. The first-order valence-corrected chi connectivity index (χ1v) is 4.42. The average molecular weight is 226 g/mol. The molecule has 4 heteroatoms. The quantitative estimate of drug-likeness (QED) is 0.783. The number of fused-ring (bicyclic) bond motifs is 1. The molecule has 0 radical (unpaired) electrons. The highest BCUT2D eigenvalue weighted by Gasteiger charge is 2.02. The maximum Gasteiger partial charge on any atom is 0.129 e. The van der Waals surface area contributed by atoms with E-state index in [2.05, 4.69) is 31.4 Å². The molecule has 2 N–H and O–H groups in total. The molecule has 1 heterocycles. The second-order valence-electron chi connectivity index (χ2n) is 2.51. The molecule has 0 bridgehead atoms. The van der Waals surface area contributed by atoms with Crippen molar-refractivity contribution in [2.24, 2.45) is 0 Å². The molecule has 0 saturated carbocycles. The van der Waals surface area contributed by atoms with Crippen LogP contribution < -0.4 is 5.32 Å². The SMILES string of the molecule is CNc1[nH]nc2cc(Br)ccc12. The molecule has 12 heavy (non-hydrogen) atoms. The van der Waals surface area contributed by atoms with E-state index in [9.17, 15) is 0 Å². The van der Waals surface area contributed by atoms with Gasteiger partial charge in [-0.05, 0) is 18.2 Å². The predicted octanol–water partition coefficient (Wildman–Crippen LogP) is 2.37. The van der Waals surface area contributed by atoms with Crippen molar-refractivity contribution in [3.05, 3.63) is 22.7 Å². The van der Waals surface area contributed by atoms with Crippen molar-refractivity contribution in [2.75, 3.05) is 12.4 Å². The van der Waals surface area contributed by atoms with Crippen LogP contribution in [0.1, 0.15) is 0 Å². The third-order valence-electron chi connectivity index (χ3n) is 1.77. The van der Waals surface area contributed by atoms with Crippen LogP contribution in [0.4, 0.5) is 5.82 Å². The molecule has 0 fully saturated rings. The van der Waals surface area contributed by atoms with Gasteiger partial charge in [-0.15, -0.1) is 0 Å². The number of rotatable bonds is 1. The van der Waals surface area contributed by atoms with E-state index < -0.39 is 0 Å². The summed E-state index contributed by atoms with van der Waals surface area (Å²) in [5, 5.41) is 11.2. The Labute approximate surface area is 78.3 Å². The Morgan fingerprint density at radius 1 is 1.50 bits per heavy atom. The van der Waals surface area contributed by atoms with Gasteiger partial charge >= 0.3 is 0 Å². The zero-order chi connectivity index (χ0) is 8.55. The Morgan fingerprint density at radius 3 is 3.08 bits per heavy atom. The van der Waals surface area contributed by atoms with Gasteiger partial charge in [0.2, 0.25) is 0 Å². The topological polar surface area (TPSA) is 40.7 Å². The Kier molecular flexibility index (Phi) is 1.77. The third kappa shape index (κ3) is 1.08. The summed E-state index contributed by atoms with van der Waals surface area (Å²) in [5.74, 6) is 0.956. The van der Waals surface area contributed by atoms with Crippen molar-refractivity contribution in [2.45, 2.75) is 0 Å². The van der Waals surface area contributed by atoms with Crippen LogP contribution in [-0.2, 0) is 0 Å². The molecule has 3 nitrogen and oxygen atoms in total. The molecule has 0 aliphatic rings. The number of nitrogens with zero attached hydrogens (tertiary/aromatic N) is 1.